The molecule has 0 saturated carbocycles. The SMILES string of the molecule is CN=C(NCc1ccc(C(=O)N(C)C)cc1)NCC1CCCOC1c1ccc(C)cc1.I. The van der Waals surface area contributed by atoms with Crippen LogP contribution in [0.1, 0.15) is 46.0 Å². The van der Waals surface area contributed by atoms with E-state index in [1.54, 1.807) is 26.0 Å². The Hall–Kier alpha value is -2.13. The molecular weight excluding hydrogens is 515 g/mol. The minimum Gasteiger partial charge on any atom is -0.373 e. The van der Waals surface area contributed by atoms with Crippen molar-refractivity contribution in [3.05, 3.63) is 70.8 Å². The van der Waals surface area contributed by atoms with Gasteiger partial charge in [0.1, 0.15) is 0 Å². The van der Waals surface area contributed by atoms with E-state index >= 15 is 0 Å². The molecule has 1 amide bonds. The average Bonchev–Trinajstić information content (AvgIpc) is 2.80. The summed E-state index contributed by atoms with van der Waals surface area (Å²) in [5.41, 5.74) is 4.29. The lowest BCUT2D eigenvalue weighted by atomic mass is 9.89. The highest BCUT2D eigenvalue weighted by Gasteiger charge is 2.27. The lowest BCUT2D eigenvalue weighted by Gasteiger charge is -2.32. The van der Waals surface area contributed by atoms with Gasteiger partial charge in [-0.2, -0.15) is 0 Å². The molecule has 174 valence electrons. The van der Waals surface area contributed by atoms with Gasteiger partial charge in [-0.1, -0.05) is 42.0 Å². The van der Waals surface area contributed by atoms with Crippen molar-refractivity contribution in [2.75, 3.05) is 34.3 Å². The van der Waals surface area contributed by atoms with Crippen molar-refractivity contribution in [3.8, 4) is 0 Å². The fourth-order valence-corrected chi connectivity index (χ4v) is 3.83. The van der Waals surface area contributed by atoms with Crippen molar-refractivity contribution in [1.82, 2.24) is 15.5 Å². The Morgan fingerprint density at radius 1 is 1.09 bits per heavy atom. The maximum absolute atomic E-state index is 12.0. The van der Waals surface area contributed by atoms with Crippen molar-refractivity contribution >= 4 is 35.8 Å². The number of nitrogens with zero attached hydrogens (tertiary/aromatic N) is 2. The van der Waals surface area contributed by atoms with E-state index in [2.05, 4.69) is 46.8 Å². The molecule has 0 spiro atoms. The topological polar surface area (TPSA) is 66.0 Å². The number of benzene rings is 2. The molecule has 6 nitrogen and oxygen atoms in total. The third-order valence-electron chi connectivity index (χ3n) is 5.67. The molecule has 7 heteroatoms. The highest BCUT2D eigenvalue weighted by molar-refractivity contribution is 14.0. The van der Waals surface area contributed by atoms with Crippen molar-refractivity contribution in [2.24, 2.45) is 10.9 Å². The van der Waals surface area contributed by atoms with Crippen molar-refractivity contribution < 1.29 is 9.53 Å². The van der Waals surface area contributed by atoms with Crippen LogP contribution in [0.15, 0.2) is 53.5 Å². The lowest BCUT2D eigenvalue weighted by Crippen LogP contribution is -2.41. The molecule has 32 heavy (non-hydrogen) atoms. The summed E-state index contributed by atoms with van der Waals surface area (Å²) in [6, 6.07) is 16.3. The summed E-state index contributed by atoms with van der Waals surface area (Å²) >= 11 is 0. The number of hydrogen-bond donors (Lipinski definition) is 2. The second-order valence-corrected chi connectivity index (χ2v) is 8.31. The molecule has 2 N–H and O–H groups in total. The third-order valence-corrected chi connectivity index (χ3v) is 5.67. The predicted octanol–water partition coefficient (Wildman–Crippen LogP) is 4.15. The van der Waals surface area contributed by atoms with Crippen LogP contribution in [0.3, 0.4) is 0 Å². The first kappa shape index (κ1) is 26.1. The summed E-state index contributed by atoms with van der Waals surface area (Å²) in [7, 11) is 5.30. The molecule has 1 aliphatic heterocycles. The van der Waals surface area contributed by atoms with Crippen LogP contribution >= 0.6 is 24.0 Å². The molecule has 2 aromatic rings. The first-order valence-electron chi connectivity index (χ1n) is 10.9. The molecule has 2 atom stereocenters. The number of ether oxygens (including phenoxy) is 1. The van der Waals surface area contributed by atoms with Crippen LogP contribution in [-0.2, 0) is 11.3 Å². The number of guanidine groups is 1. The fraction of sp³-hybridized carbons (Fsp3) is 0.440. The number of carbonyl (C=O) groups excluding carboxylic acids is 1. The summed E-state index contributed by atoms with van der Waals surface area (Å²) in [5.74, 6) is 1.17. The maximum atomic E-state index is 12.0. The van der Waals surface area contributed by atoms with Crippen LogP contribution in [0.5, 0.6) is 0 Å². The average molecular weight is 550 g/mol. The Morgan fingerprint density at radius 2 is 1.78 bits per heavy atom. The lowest BCUT2D eigenvalue weighted by molar-refractivity contribution is -0.0265. The van der Waals surface area contributed by atoms with E-state index in [0.29, 0.717) is 18.0 Å². The molecule has 3 rings (SSSR count). The van der Waals surface area contributed by atoms with Crippen molar-refractivity contribution in [1.29, 1.82) is 0 Å². The van der Waals surface area contributed by atoms with Gasteiger partial charge in [-0.3, -0.25) is 9.79 Å². The number of nitrogens with one attached hydrogen (secondary N) is 2. The van der Waals surface area contributed by atoms with Gasteiger partial charge in [-0.25, -0.2) is 0 Å². The van der Waals surface area contributed by atoms with E-state index in [1.165, 1.54) is 11.1 Å². The number of amides is 1. The minimum atomic E-state index is 0. The van der Waals surface area contributed by atoms with Crippen LogP contribution in [0.2, 0.25) is 0 Å². The molecule has 2 aromatic carbocycles. The molecule has 0 aromatic heterocycles. The quantitative estimate of drug-likeness (QED) is 0.323. The molecule has 1 heterocycles. The zero-order valence-corrected chi connectivity index (χ0v) is 21.8. The second-order valence-electron chi connectivity index (χ2n) is 8.31. The zero-order valence-electron chi connectivity index (χ0n) is 19.4. The van der Waals surface area contributed by atoms with Gasteiger partial charge >= 0.3 is 0 Å². The van der Waals surface area contributed by atoms with Gasteiger partial charge in [0.15, 0.2) is 5.96 Å². The first-order valence-corrected chi connectivity index (χ1v) is 10.9. The monoisotopic (exact) mass is 550 g/mol. The van der Waals surface area contributed by atoms with Crippen LogP contribution < -0.4 is 10.6 Å². The van der Waals surface area contributed by atoms with Crippen molar-refractivity contribution in [2.45, 2.75) is 32.4 Å². The number of rotatable bonds is 6. The fourth-order valence-electron chi connectivity index (χ4n) is 3.83. The van der Waals surface area contributed by atoms with E-state index in [0.717, 1.165) is 37.5 Å². The molecule has 0 aliphatic carbocycles. The Labute approximate surface area is 208 Å². The van der Waals surface area contributed by atoms with Gasteiger partial charge in [0.25, 0.3) is 5.91 Å². The molecule has 1 fully saturated rings. The Balaban J connectivity index is 0.00000363. The number of halogens is 1. The molecule has 1 aliphatic rings. The molecule has 2 unspecified atom stereocenters. The molecular formula is C25H35IN4O2. The van der Waals surface area contributed by atoms with Gasteiger partial charge in [0.05, 0.1) is 6.10 Å². The van der Waals surface area contributed by atoms with Crippen LogP contribution in [-0.4, -0.2) is 51.1 Å². The van der Waals surface area contributed by atoms with E-state index in [-0.39, 0.29) is 36.0 Å². The summed E-state index contributed by atoms with van der Waals surface area (Å²) in [6.45, 7) is 4.36. The van der Waals surface area contributed by atoms with E-state index in [4.69, 9.17) is 4.74 Å². The molecule has 1 saturated heterocycles. The third kappa shape index (κ3) is 7.20. The zero-order chi connectivity index (χ0) is 22.2. The standard InChI is InChI=1S/C25H34N4O2.HI/c1-18-7-11-20(12-8-18)23-22(6-5-15-31-23)17-28-25(26-2)27-16-19-9-13-21(14-10-19)24(30)29(3)4;/h7-14,22-23H,5-6,15-17H2,1-4H3,(H2,26,27,28);1H. The van der Waals surface area contributed by atoms with Crippen LogP contribution in [0.4, 0.5) is 0 Å². The van der Waals surface area contributed by atoms with Gasteiger partial charge in [0, 0.05) is 52.3 Å². The van der Waals surface area contributed by atoms with Gasteiger partial charge in [0.2, 0.25) is 0 Å². The Bertz CT molecular complexity index is 882. The summed E-state index contributed by atoms with van der Waals surface area (Å²) < 4.78 is 6.13. The molecule has 0 bridgehead atoms. The van der Waals surface area contributed by atoms with E-state index < -0.39 is 0 Å². The summed E-state index contributed by atoms with van der Waals surface area (Å²) in [5, 5.41) is 6.82. The van der Waals surface area contributed by atoms with Gasteiger partial charge < -0.3 is 20.3 Å². The highest BCUT2D eigenvalue weighted by atomic mass is 127. The van der Waals surface area contributed by atoms with Crippen LogP contribution in [0.25, 0.3) is 0 Å². The Kier molecular flexibility index (Phi) is 10.4. The number of aryl methyl sites for hydroxylation is 1. The largest absolute Gasteiger partial charge is 0.373 e. The smallest absolute Gasteiger partial charge is 0.253 e. The van der Waals surface area contributed by atoms with E-state index in [9.17, 15) is 4.79 Å². The Morgan fingerprint density at radius 3 is 2.41 bits per heavy atom. The minimum absolute atomic E-state index is 0. The van der Waals surface area contributed by atoms with Gasteiger partial charge in [-0.15, -0.1) is 24.0 Å². The first-order chi connectivity index (χ1) is 15.0. The molecule has 0 radical (unpaired) electrons. The maximum Gasteiger partial charge on any atom is 0.253 e. The number of carbonyl (C=O) groups is 1. The predicted molar refractivity (Wildman–Crippen MR) is 141 cm³/mol. The summed E-state index contributed by atoms with van der Waals surface area (Å²) in [4.78, 5) is 18.0. The highest BCUT2D eigenvalue weighted by Crippen LogP contribution is 2.33. The van der Waals surface area contributed by atoms with Gasteiger partial charge in [-0.05, 0) is 43.0 Å². The summed E-state index contributed by atoms with van der Waals surface area (Å²) in [6.07, 6.45) is 2.32. The number of aliphatic imine (C=N–C) groups is 1. The van der Waals surface area contributed by atoms with Crippen molar-refractivity contribution in [3.63, 3.8) is 0 Å². The number of hydrogen-bond acceptors (Lipinski definition) is 3. The van der Waals surface area contributed by atoms with Crippen LogP contribution in [0, 0.1) is 12.8 Å². The van der Waals surface area contributed by atoms with E-state index in [1.807, 2.05) is 24.3 Å². The second kappa shape index (κ2) is 12.8. The normalized spacial score (nSPS) is 18.4.